The first-order valence-corrected chi connectivity index (χ1v) is 4.15. The number of nitrogens with zero attached hydrogens (tertiary/aromatic N) is 1. The zero-order chi connectivity index (χ0) is 10.3. The molecule has 0 aromatic carbocycles. The monoisotopic (exact) mass is 183 g/mol. The molecule has 0 saturated heterocycles. The second-order valence-corrected chi connectivity index (χ2v) is 2.97. The van der Waals surface area contributed by atoms with Crippen molar-refractivity contribution < 1.29 is 9.53 Å². The Balaban J connectivity index is 0.000000252. The maximum Gasteiger partial charge on any atom is 0.302 e. The van der Waals surface area contributed by atoms with Gasteiger partial charge in [0.15, 0.2) is 0 Å². The molecule has 0 fully saturated rings. The molecular weight excluding hydrogens is 166 g/mol. The molecule has 0 aromatic rings. The standard InChI is InChI=1S/C7H11N.C3H6O2/c1-7-4-3-5-8(2)6-7;1-3(4)5-2/h3-5H,6H2,1-2H3;1-2H3. The summed E-state index contributed by atoms with van der Waals surface area (Å²) in [5.41, 5.74) is 1.43. The average Bonchev–Trinajstić information content (AvgIpc) is 2.05. The number of hydrogen-bond donors (Lipinski definition) is 0. The van der Waals surface area contributed by atoms with Crippen LogP contribution >= 0.6 is 0 Å². The molecule has 0 spiro atoms. The van der Waals surface area contributed by atoms with Crippen LogP contribution in [0.1, 0.15) is 13.8 Å². The van der Waals surface area contributed by atoms with E-state index in [-0.39, 0.29) is 5.97 Å². The van der Waals surface area contributed by atoms with Gasteiger partial charge in [0.2, 0.25) is 0 Å². The first-order valence-electron chi connectivity index (χ1n) is 4.15. The van der Waals surface area contributed by atoms with E-state index in [2.05, 4.69) is 42.0 Å². The van der Waals surface area contributed by atoms with E-state index < -0.39 is 0 Å². The molecule has 3 heteroatoms. The molecule has 0 saturated carbocycles. The van der Waals surface area contributed by atoms with Crippen molar-refractivity contribution in [1.29, 1.82) is 0 Å². The van der Waals surface area contributed by atoms with Gasteiger partial charge in [-0.15, -0.1) is 0 Å². The molecule has 1 heterocycles. The number of esters is 1. The summed E-state index contributed by atoms with van der Waals surface area (Å²) in [6.07, 6.45) is 6.28. The van der Waals surface area contributed by atoms with E-state index in [4.69, 9.17) is 0 Å². The van der Waals surface area contributed by atoms with E-state index in [9.17, 15) is 4.79 Å². The van der Waals surface area contributed by atoms with Crippen molar-refractivity contribution in [3.63, 3.8) is 0 Å². The van der Waals surface area contributed by atoms with Crippen molar-refractivity contribution in [3.8, 4) is 0 Å². The predicted molar refractivity (Wildman–Crippen MR) is 53.2 cm³/mol. The van der Waals surface area contributed by atoms with Crippen molar-refractivity contribution in [1.82, 2.24) is 4.90 Å². The highest BCUT2D eigenvalue weighted by atomic mass is 16.5. The van der Waals surface area contributed by atoms with E-state index in [0.717, 1.165) is 6.54 Å². The van der Waals surface area contributed by atoms with Gasteiger partial charge in [-0.3, -0.25) is 4.79 Å². The summed E-state index contributed by atoms with van der Waals surface area (Å²) in [5, 5.41) is 0. The Hall–Kier alpha value is -1.25. The van der Waals surface area contributed by atoms with Crippen LogP contribution in [0.15, 0.2) is 23.9 Å². The number of rotatable bonds is 0. The Morgan fingerprint density at radius 1 is 1.62 bits per heavy atom. The van der Waals surface area contributed by atoms with Crippen LogP contribution in [-0.2, 0) is 9.53 Å². The molecule has 1 rings (SSSR count). The number of carbonyl (C=O) groups is 1. The van der Waals surface area contributed by atoms with Gasteiger partial charge in [0.05, 0.1) is 7.11 Å². The summed E-state index contributed by atoms with van der Waals surface area (Å²) in [7, 11) is 3.43. The molecule has 0 amide bonds. The van der Waals surface area contributed by atoms with Crippen LogP contribution < -0.4 is 0 Å². The lowest BCUT2D eigenvalue weighted by Gasteiger charge is -2.16. The van der Waals surface area contributed by atoms with Crippen LogP contribution in [0.3, 0.4) is 0 Å². The molecule has 3 nitrogen and oxygen atoms in total. The Labute approximate surface area is 79.7 Å². The van der Waals surface area contributed by atoms with Gasteiger partial charge in [-0.2, -0.15) is 0 Å². The molecule has 13 heavy (non-hydrogen) atoms. The smallest absolute Gasteiger partial charge is 0.302 e. The van der Waals surface area contributed by atoms with Crippen molar-refractivity contribution in [2.24, 2.45) is 0 Å². The summed E-state index contributed by atoms with van der Waals surface area (Å²) < 4.78 is 4.11. The average molecular weight is 183 g/mol. The number of allylic oxidation sites excluding steroid dienone is 2. The molecule has 0 N–H and O–H groups in total. The van der Waals surface area contributed by atoms with E-state index in [0.29, 0.717) is 0 Å². The quantitative estimate of drug-likeness (QED) is 0.534. The molecule has 0 unspecified atom stereocenters. The molecule has 74 valence electrons. The third kappa shape index (κ3) is 7.12. The summed E-state index contributed by atoms with van der Waals surface area (Å²) in [6, 6.07) is 0. The maximum absolute atomic E-state index is 9.59. The predicted octanol–water partition coefficient (Wildman–Crippen LogP) is 1.57. The van der Waals surface area contributed by atoms with E-state index in [1.54, 1.807) is 0 Å². The fourth-order valence-electron chi connectivity index (χ4n) is 0.853. The van der Waals surface area contributed by atoms with Gasteiger partial charge in [0.25, 0.3) is 0 Å². The molecular formula is C10H17NO2. The zero-order valence-electron chi connectivity index (χ0n) is 8.70. The second-order valence-electron chi connectivity index (χ2n) is 2.97. The highest BCUT2D eigenvalue weighted by Gasteiger charge is 1.94. The largest absolute Gasteiger partial charge is 0.469 e. The molecule has 1 aliphatic heterocycles. The van der Waals surface area contributed by atoms with Crippen LogP contribution in [0.2, 0.25) is 0 Å². The van der Waals surface area contributed by atoms with Gasteiger partial charge in [-0.05, 0) is 19.2 Å². The summed E-state index contributed by atoms with van der Waals surface area (Å²) >= 11 is 0. The molecule has 1 aliphatic rings. The van der Waals surface area contributed by atoms with Crippen LogP contribution in [0.25, 0.3) is 0 Å². The van der Waals surface area contributed by atoms with Gasteiger partial charge in [0.1, 0.15) is 0 Å². The maximum atomic E-state index is 9.59. The van der Waals surface area contributed by atoms with Gasteiger partial charge in [0, 0.05) is 20.5 Å². The molecule has 0 radical (unpaired) electrons. The number of hydrogen-bond acceptors (Lipinski definition) is 3. The molecule has 0 aliphatic carbocycles. The van der Waals surface area contributed by atoms with Gasteiger partial charge in [-0.25, -0.2) is 0 Å². The minimum atomic E-state index is -0.245. The third-order valence-corrected chi connectivity index (χ3v) is 1.51. The van der Waals surface area contributed by atoms with E-state index >= 15 is 0 Å². The van der Waals surface area contributed by atoms with Gasteiger partial charge >= 0.3 is 5.97 Å². The minimum absolute atomic E-state index is 0.245. The highest BCUT2D eigenvalue weighted by molar-refractivity contribution is 5.65. The van der Waals surface area contributed by atoms with Crippen molar-refractivity contribution in [2.45, 2.75) is 13.8 Å². The lowest BCUT2D eigenvalue weighted by atomic mass is 10.2. The van der Waals surface area contributed by atoms with Crippen molar-refractivity contribution in [3.05, 3.63) is 23.9 Å². The Kier molecular flexibility index (Phi) is 5.68. The number of methoxy groups -OCH3 is 1. The summed E-state index contributed by atoms with van der Waals surface area (Å²) in [6.45, 7) is 4.58. The fraction of sp³-hybridized carbons (Fsp3) is 0.500. The third-order valence-electron chi connectivity index (χ3n) is 1.51. The normalized spacial score (nSPS) is 14.2. The molecule has 0 aromatic heterocycles. The van der Waals surface area contributed by atoms with Crippen molar-refractivity contribution in [2.75, 3.05) is 20.7 Å². The second kappa shape index (κ2) is 6.29. The van der Waals surface area contributed by atoms with Crippen molar-refractivity contribution >= 4 is 5.97 Å². The Bertz CT molecular complexity index is 219. The number of carbonyl (C=O) groups excluding carboxylic acids is 1. The number of likely N-dealkylation sites (N-methyl/N-ethyl adjacent to an activating group) is 1. The summed E-state index contributed by atoms with van der Waals surface area (Å²) in [4.78, 5) is 11.8. The summed E-state index contributed by atoms with van der Waals surface area (Å²) in [5.74, 6) is -0.245. The highest BCUT2D eigenvalue weighted by Crippen LogP contribution is 2.02. The Morgan fingerprint density at radius 2 is 2.15 bits per heavy atom. The molecule has 0 bridgehead atoms. The van der Waals surface area contributed by atoms with Gasteiger partial charge < -0.3 is 9.64 Å². The number of ether oxygens (including phenoxy) is 1. The SMILES string of the molecule is CC1=CC=CN(C)C1.COC(C)=O. The van der Waals surface area contributed by atoms with E-state index in [1.165, 1.54) is 19.6 Å². The first-order chi connectivity index (χ1) is 6.06. The van der Waals surface area contributed by atoms with Gasteiger partial charge in [-0.1, -0.05) is 11.6 Å². The van der Waals surface area contributed by atoms with Crippen LogP contribution in [-0.4, -0.2) is 31.6 Å². The lowest BCUT2D eigenvalue weighted by Crippen LogP contribution is -2.14. The van der Waals surface area contributed by atoms with E-state index in [1.807, 2.05) is 0 Å². The molecule has 0 atom stereocenters. The Morgan fingerprint density at radius 3 is 2.38 bits per heavy atom. The minimum Gasteiger partial charge on any atom is -0.469 e. The zero-order valence-corrected chi connectivity index (χ0v) is 8.70. The van der Waals surface area contributed by atoms with Crippen LogP contribution in [0, 0.1) is 0 Å². The topological polar surface area (TPSA) is 29.5 Å². The van der Waals surface area contributed by atoms with Crippen LogP contribution in [0.5, 0.6) is 0 Å². The lowest BCUT2D eigenvalue weighted by molar-refractivity contribution is -0.137. The first kappa shape index (κ1) is 11.8. The fourth-order valence-corrected chi connectivity index (χ4v) is 0.853. The van der Waals surface area contributed by atoms with Crippen LogP contribution in [0.4, 0.5) is 0 Å².